The van der Waals surface area contributed by atoms with Gasteiger partial charge in [-0.1, -0.05) is 6.07 Å². The minimum atomic E-state index is -1.39. The number of hydrogen-bond donors (Lipinski definition) is 2. The van der Waals surface area contributed by atoms with E-state index in [0.29, 0.717) is 44.8 Å². The first-order chi connectivity index (χ1) is 17.3. The zero-order valence-corrected chi connectivity index (χ0v) is 20.8. The molecule has 0 radical (unpaired) electrons. The van der Waals surface area contributed by atoms with Gasteiger partial charge in [-0.15, -0.1) is 0 Å². The number of rotatable bonds is 12. The van der Waals surface area contributed by atoms with Crippen LogP contribution in [0.2, 0.25) is 0 Å². The third-order valence-corrected chi connectivity index (χ3v) is 7.03. The highest BCUT2D eigenvalue weighted by atomic mass is 19.1. The fourth-order valence-electron chi connectivity index (χ4n) is 5.10. The van der Waals surface area contributed by atoms with E-state index in [0.717, 1.165) is 30.9 Å². The maximum atomic E-state index is 15.7. The van der Waals surface area contributed by atoms with Gasteiger partial charge in [-0.2, -0.15) is 0 Å². The SMILES string of the molecule is COCCOc1ccc(F)c(C(CC(=O)O)CN2CC[C@@](F)(CCc3ccc4c(n3)NCCC4)C2)c1. The number of benzene rings is 1. The summed E-state index contributed by atoms with van der Waals surface area (Å²) in [5.41, 5.74) is 0.962. The molecule has 2 aliphatic rings. The summed E-state index contributed by atoms with van der Waals surface area (Å²) < 4.78 is 41.0. The Morgan fingerprint density at radius 2 is 2.17 bits per heavy atom. The first-order valence-corrected chi connectivity index (χ1v) is 12.6. The first-order valence-electron chi connectivity index (χ1n) is 12.6. The number of hydrogen-bond acceptors (Lipinski definition) is 6. The van der Waals surface area contributed by atoms with Crippen molar-refractivity contribution in [3.05, 3.63) is 53.0 Å². The smallest absolute Gasteiger partial charge is 0.304 e. The van der Waals surface area contributed by atoms with Crippen LogP contribution in [0, 0.1) is 5.82 Å². The van der Waals surface area contributed by atoms with E-state index in [1.54, 1.807) is 13.2 Å². The summed E-state index contributed by atoms with van der Waals surface area (Å²) in [5, 5.41) is 12.8. The first kappa shape index (κ1) is 26.3. The van der Waals surface area contributed by atoms with Gasteiger partial charge >= 0.3 is 5.97 Å². The minimum Gasteiger partial charge on any atom is -0.491 e. The Labute approximate surface area is 210 Å². The number of methoxy groups -OCH3 is 1. The Morgan fingerprint density at radius 3 is 2.97 bits per heavy atom. The van der Waals surface area contributed by atoms with Gasteiger partial charge in [0.25, 0.3) is 0 Å². The third-order valence-electron chi connectivity index (χ3n) is 7.03. The van der Waals surface area contributed by atoms with E-state index in [1.807, 2.05) is 11.0 Å². The van der Waals surface area contributed by atoms with Crippen molar-refractivity contribution in [1.29, 1.82) is 0 Å². The second-order valence-electron chi connectivity index (χ2n) is 9.80. The summed E-state index contributed by atoms with van der Waals surface area (Å²) in [7, 11) is 1.56. The molecule has 3 heterocycles. The monoisotopic (exact) mass is 503 g/mol. The number of pyridine rings is 1. The lowest BCUT2D eigenvalue weighted by molar-refractivity contribution is -0.137. The Kier molecular flexibility index (Phi) is 8.74. The van der Waals surface area contributed by atoms with Crippen molar-refractivity contribution in [3.63, 3.8) is 0 Å². The molecule has 2 aliphatic heterocycles. The number of alkyl halides is 1. The molecule has 1 aromatic heterocycles. The van der Waals surface area contributed by atoms with Gasteiger partial charge in [0.05, 0.1) is 13.0 Å². The van der Waals surface area contributed by atoms with Crippen molar-refractivity contribution >= 4 is 11.8 Å². The summed E-state index contributed by atoms with van der Waals surface area (Å²) in [6.07, 6.45) is 3.09. The molecule has 0 amide bonds. The Balaban J connectivity index is 1.38. The number of ether oxygens (including phenoxy) is 2. The van der Waals surface area contributed by atoms with Crippen LogP contribution < -0.4 is 10.1 Å². The molecule has 0 bridgehead atoms. The van der Waals surface area contributed by atoms with Crippen molar-refractivity contribution in [1.82, 2.24) is 9.88 Å². The Hall–Kier alpha value is -2.78. The highest BCUT2D eigenvalue weighted by Gasteiger charge is 2.39. The largest absolute Gasteiger partial charge is 0.491 e. The van der Waals surface area contributed by atoms with Gasteiger partial charge in [-0.05, 0) is 67.5 Å². The number of aromatic nitrogens is 1. The highest BCUT2D eigenvalue weighted by molar-refractivity contribution is 5.68. The van der Waals surface area contributed by atoms with Crippen LogP contribution in [0.1, 0.15) is 48.4 Å². The maximum absolute atomic E-state index is 15.7. The summed E-state index contributed by atoms with van der Waals surface area (Å²) in [6.45, 7) is 2.55. The Morgan fingerprint density at radius 1 is 1.31 bits per heavy atom. The number of fused-ring (bicyclic) bond motifs is 1. The molecule has 4 rings (SSSR count). The number of carboxylic acids is 1. The summed E-state index contributed by atoms with van der Waals surface area (Å²) in [6, 6.07) is 8.41. The summed E-state index contributed by atoms with van der Waals surface area (Å²) in [4.78, 5) is 18.2. The molecule has 2 aromatic rings. The van der Waals surface area contributed by atoms with Crippen LogP contribution in [0.3, 0.4) is 0 Å². The second-order valence-corrected chi connectivity index (χ2v) is 9.80. The number of carbonyl (C=O) groups is 1. The number of aliphatic carboxylic acids is 1. The molecule has 9 heteroatoms. The van der Waals surface area contributed by atoms with Crippen molar-refractivity contribution in [2.24, 2.45) is 0 Å². The van der Waals surface area contributed by atoms with Crippen molar-refractivity contribution in [2.75, 3.05) is 51.8 Å². The lowest BCUT2D eigenvalue weighted by Gasteiger charge is -2.25. The topological polar surface area (TPSA) is 83.9 Å². The number of aryl methyl sites for hydroxylation is 2. The van der Waals surface area contributed by atoms with Gasteiger partial charge in [0.2, 0.25) is 0 Å². The van der Waals surface area contributed by atoms with Crippen molar-refractivity contribution in [2.45, 2.75) is 50.1 Å². The molecule has 0 spiro atoms. The number of carboxylic acid groups (broad SMARTS) is 1. The van der Waals surface area contributed by atoms with E-state index in [1.165, 1.54) is 17.7 Å². The molecule has 2 atom stereocenters. The van der Waals surface area contributed by atoms with Gasteiger partial charge in [0, 0.05) is 44.9 Å². The molecule has 1 fully saturated rings. The third kappa shape index (κ3) is 6.91. The van der Waals surface area contributed by atoms with Crippen molar-refractivity contribution < 1.29 is 28.2 Å². The van der Waals surface area contributed by atoms with Crippen LogP contribution in [-0.2, 0) is 22.4 Å². The van der Waals surface area contributed by atoms with Crippen LogP contribution in [0.15, 0.2) is 30.3 Å². The van der Waals surface area contributed by atoms with Crippen molar-refractivity contribution in [3.8, 4) is 5.75 Å². The fourth-order valence-corrected chi connectivity index (χ4v) is 5.10. The van der Waals surface area contributed by atoms with Gasteiger partial charge < -0.3 is 19.9 Å². The van der Waals surface area contributed by atoms with E-state index >= 15 is 4.39 Å². The molecule has 7 nitrogen and oxygen atoms in total. The van der Waals surface area contributed by atoms with E-state index in [-0.39, 0.29) is 25.1 Å². The predicted molar refractivity (Wildman–Crippen MR) is 133 cm³/mol. The van der Waals surface area contributed by atoms with E-state index in [9.17, 15) is 14.3 Å². The van der Waals surface area contributed by atoms with Gasteiger partial charge in [0.1, 0.15) is 29.7 Å². The molecule has 196 valence electrons. The van der Waals surface area contributed by atoms with E-state index in [2.05, 4.69) is 16.4 Å². The quantitative estimate of drug-likeness (QED) is 0.420. The lowest BCUT2D eigenvalue weighted by atomic mass is 9.94. The zero-order chi connectivity index (χ0) is 25.5. The van der Waals surface area contributed by atoms with E-state index in [4.69, 9.17) is 9.47 Å². The van der Waals surface area contributed by atoms with E-state index < -0.39 is 23.4 Å². The molecular formula is C27H35F2N3O4. The Bertz CT molecular complexity index is 1050. The maximum Gasteiger partial charge on any atom is 0.304 e. The van der Waals surface area contributed by atoms with Crippen LogP contribution >= 0.6 is 0 Å². The molecular weight excluding hydrogens is 468 g/mol. The lowest BCUT2D eigenvalue weighted by Crippen LogP contribution is -2.33. The highest BCUT2D eigenvalue weighted by Crippen LogP contribution is 2.34. The zero-order valence-electron chi connectivity index (χ0n) is 20.8. The molecule has 1 aromatic carbocycles. The summed E-state index contributed by atoms with van der Waals surface area (Å²) in [5.74, 6) is -0.774. The van der Waals surface area contributed by atoms with Crippen LogP contribution in [0.25, 0.3) is 0 Å². The number of anilines is 1. The number of halogens is 2. The minimum absolute atomic E-state index is 0.192. The molecule has 36 heavy (non-hydrogen) atoms. The number of nitrogens with zero attached hydrogens (tertiary/aromatic N) is 2. The summed E-state index contributed by atoms with van der Waals surface area (Å²) >= 11 is 0. The van der Waals surface area contributed by atoms with Gasteiger partial charge in [0.15, 0.2) is 0 Å². The number of nitrogens with one attached hydrogen (secondary N) is 1. The number of likely N-dealkylation sites (tertiary alicyclic amines) is 1. The molecule has 2 N–H and O–H groups in total. The fraction of sp³-hybridized carbons (Fsp3) is 0.556. The average molecular weight is 504 g/mol. The average Bonchev–Trinajstić information content (AvgIpc) is 3.24. The molecule has 1 unspecified atom stereocenters. The second kappa shape index (κ2) is 12.0. The van der Waals surface area contributed by atoms with Crippen LogP contribution in [0.4, 0.5) is 14.6 Å². The van der Waals surface area contributed by atoms with Crippen LogP contribution in [0.5, 0.6) is 5.75 Å². The molecule has 0 saturated carbocycles. The van der Waals surface area contributed by atoms with Gasteiger partial charge in [-0.3, -0.25) is 9.69 Å². The standard InChI is InChI=1S/C27H35F2N3O4/c1-35-13-14-36-22-6-7-24(28)23(16-22)20(15-25(33)34)17-32-12-10-27(29,18-32)9-8-21-5-4-19-3-2-11-30-26(19)31-21/h4-7,16,20H,2-3,8-15,17-18H2,1H3,(H,30,31)(H,33,34)/t20?,27-/m0/s1. The van der Waals surface area contributed by atoms with Gasteiger partial charge in [-0.25, -0.2) is 13.8 Å². The molecule has 1 saturated heterocycles. The predicted octanol–water partition coefficient (Wildman–Crippen LogP) is 4.21. The molecule has 0 aliphatic carbocycles. The van der Waals surface area contributed by atoms with Crippen LogP contribution in [-0.4, -0.2) is 73.1 Å². The normalized spacial score (nSPS) is 20.5.